The molecule has 0 saturated heterocycles. The average molecular weight is 366 g/mol. The number of hydrogen-bond donors (Lipinski definition) is 1. The first-order valence-corrected chi connectivity index (χ1v) is 10.7. The average Bonchev–Trinajstić information content (AvgIpc) is 2.36. The second-order valence-electron chi connectivity index (χ2n) is 8.24. The molecule has 0 fully saturated rings. The minimum atomic E-state index is -3.56. The van der Waals surface area contributed by atoms with Crippen LogP contribution in [0.2, 0.25) is 0 Å². The van der Waals surface area contributed by atoms with Gasteiger partial charge < -0.3 is 5.11 Å². The van der Waals surface area contributed by atoms with Gasteiger partial charge in [0, 0.05) is 6.61 Å². The molecule has 0 heterocycles. The lowest BCUT2D eigenvalue weighted by Gasteiger charge is -2.30. The van der Waals surface area contributed by atoms with Gasteiger partial charge in [-0.2, -0.15) is 0 Å². The molecule has 0 bridgehead atoms. The van der Waals surface area contributed by atoms with Crippen LogP contribution in [-0.2, 0) is 18.1 Å². The van der Waals surface area contributed by atoms with Gasteiger partial charge in [0.05, 0.1) is 17.8 Å². The number of unbranched alkanes of at least 4 members (excludes halogenated alkanes) is 7. The van der Waals surface area contributed by atoms with Crippen molar-refractivity contribution < 1.29 is 23.2 Å². The maximum Gasteiger partial charge on any atom is 0.475 e. The Morgan fingerprint density at radius 3 is 1.46 bits per heavy atom. The van der Waals surface area contributed by atoms with Crippen LogP contribution >= 0.6 is 7.82 Å². The van der Waals surface area contributed by atoms with E-state index in [9.17, 15) is 4.57 Å². The molecule has 0 aliphatic heterocycles. The van der Waals surface area contributed by atoms with E-state index in [2.05, 4.69) is 0 Å². The van der Waals surface area contributed by atoms with Crippen LogP contribution in [-0.4, -0.2) is 29.5 Å². The number of hydrogen-bond acceptors (Lipinski definition) is 5. The molecule has 5 nitrogen and oxygen atoms in total. The SMILES string of the molecule is CC(C)(C)OP(=O)(OCCCCCCCCCCO)OC(C)(C)C. The van der Waals surface area contributed by atoms with Gasteiger partial charge >= 0.3 is 7.82 Å². The predicted octanol–water partition coefficient (Wildman–Crippen LogP) is 5.85. The van der Waals surface area contributed by atoms with E-state index in [0.717, 1.165) is 32.1 Å². The lowest BCUT2D eigenvalue weighted by Crippen LogP contribution is -2.24. The Bertz CT molecular complexity index is 337. The molecule has 0 unspecified atom stereocenters. The summed E-state index contributed by atoms with van der Waals surface area (Å²) < 4.78 is 29.5. The third-order valence-corrected chi connectivity index (χ3v) is 5.11. The highest BCUT2D eigenvalue weighted by Crippen LogP contribution is 2.55. The van der Waals surface area contributed by atoms with E-state index in [4.69, 9.17) is 18.7 Å². The Labute approximate surface area is 149 Å². The zero-order valence-corrected chi connectivity index (χ0v) is 17.5. The molecular formula is C18H39O5P. The molecule has 1 N–H and O–H groups in total. The third-order valence-electron chi connectivity index (χ3n) is 3.07. The van der Waals surface area contributed by atoms with E-state index < -0.39 is 19.0 Å². The van der Waals surface area contributed by atoms with Gasteiger partial charge in [-0.05, 0) is 54.4 Å². The zero-order valence-electron chi connectivity index (χ0n) is 16.6. The topological polar surface area (TPSA) is 65.0 Å². The summed E-state index contributed by atoms with van der Waals surface area (Å²) in [6, 6.07) is 0. The van der Waals surface area contributed by atoms with Crippen molar-refractivity contribution in [2.75, 3.05) is 13.2 Å². The summed E-state index contributed by atoms with van der Waals surface area (Å²) in [5.74, 6) is 0. The molecule has 0 rings (SSSR count). The second-order valence-corrected chi connectivity index (χ2v) is 9.76. The Balaban J connectivity index is 4.01. The molecule has 0 aromatic rings. The molecule has 0 aromatic carbocycles. The molecule has 6 heteroatoms. The van der Waals surface area contributed by atoms with Crippen molar-refractivity contribution in [3.05, 3.63) is 0 Å². The van der Waals surface area contributed by atoms with Gasteiger partial charge in [-0.1, -0.05) is 38.5 Å². The van der Waals surface area contributed by atoms with Gasteiger partial charge in [0.15, 0.2) is 0 Å². The molecule has 0 atom stereocenters. The van der Waals surface area contributed by atoms with Crippen molar-refractivity contribution in [1.29, 1.82) is 0 Å². The summed E-state index contributed by atoms with van der Waals surface area (Å²) in [5.41, 5.74) is -1.18. The van der Waals surface area contributed by atoms with Crippen molar-refractivity contribution in [3.8, 4) is 0 Å². The smallest absolute Gasteiger partial charge is 0.396 e. The van der Waals surface area contributed by atoms with Gasteiger partial charge in [-0.3, -0.25) is 13.6 Å². The third kappa shape index (κ3) is 15.6. The first-order valence-electron chi connectivity index (χ1n) is 9.24. The van der Waals surface area contributed by atoms with Gasteiger partial charge in [-0.15, -0.1) is 0 Å². The van der Waals surface area contributed by atoms with Gasteiger partial charge in [-0.25, -0.2) is 4.57 Å². The van der Waals surface area contributed by atoms with Crippen molar-refractivity contribution >= 4 is 7.82 Å². The van der Waals surface area contributed by atoms with Crippen LogP contribution in [0.3, 0.4) is 0 Å². The molecule has 24 heavy (non-hydrogen) atoms. The summed E-state index contributed by atoms with van der Waals surface area (Å²) in [5, 5.41) is 8.72. The summed E-state index contributed by atoms with van der Waals surface area (Å²) in [6.45, 7) is 11.7. The van der Waals surface area contributed by atoms with Crippen molar-refractivity contribution in [1.82, 2.24) is 0 Å². The van der Waals surface area contributed by atoms with Crippen LogP contribution in [0.5, 0.6) is 0 Å². The largest absolute Gasteiger partial charge is 0.475 e. The van der Waals surface area contributed by atoms with E-state index in [1.807, 2.05) is 41.5 Å². The van der Waals surface area contributed by atoms with Crippen LogP contribution in [0.4, 0.5) is 0 Å². The maximum absolute atomic E-state index is 12.8. The molecule has 0 aliphatic rings. The Hall–Kier alpha value is 0.0700. The highest BCUT2D eigenvalue weighted by molar-refractivity contribution is 7.48. The lowest BCUT2D eigenvalue weighted by molar-refractivity contribution is 0.00298. The summed E-state index contributed by atoms with van der Waals surface area (Å²) >= 11 is 0. The zero-order chi connectivity index (χ0) is 18.7. The standard InChI is InChI=1S/C18H39O5P/c1-17(2,3)22-24(20,23-18(4,5)6)21-16-14-12-10-8-7-9-11-13-15-19/h19H,7-16H2,1-6H3. The Morgan fingerprint density at radius 2 is 1.08 bits per heavy atom. The highest BCUT2D eigenvalue weighted by atomic mass is 31.2. The van der Waals surface area contributed by atoms with E-state index in [1.165, 1.54) is 19.3 Å². The van der Waals surface area contributed by atoms with E-state index in [0.29, 0.717) is 13.2 Å². The number of aliphatic hydroxyl groups excluding tert-OH is 1. The summed E-state index contributed by atoms with van der Waals surface area (Å²) in [6.07, 6.45) is 8.65. The molecule has 146 valence electrons. The van der Waals surface area contributed by atoms with E-state index in [1.54, 1.807) is 0 Å². The molecule has 0 amide bonds. The van der Waals surface area contributed by atoms with Gasteiger partial charge in [0.25, 0.3) is 0 Å². The number of rotatable bonds is 13. The monoisotopic (exact) mass is 366 g/mol. The fourth-order valence-corrected chi connectivity index (χ4v) is 4.03. The van der Waals surface area contributed by atoms with Crippen LogP contribution in [0, 0.1) is 0 Å². The fourth-order valence-electron chi connectivity index (χ4n) is 2.19. The normalized spacial score (nSPS) is 13.5. The van der Waals surface area contributed by atoms with E-state index >= 15 is 0 Å². The second kappa shape index (κ2) is 11.6. The minimum Gasteiger partial charge on any atom is -0.396 e. The number of phosphoric acid groups is 1. The first kappa shape index (κ1) is 24.1. The number of aliphatic hydroxyl groups is 1. The molecule has 0 radical (unpaired) electrons. The van der Waals surface area contributed by atoms with Crippen LogP contribution in [0.15, 0.2) is 0 Å². The lowest BCUT2D eigenvalue weighted by atomic mass is 10.1. The van der Waals surface area contributed by atoms with Crippen molar-refractivity contribution in [3.63, 3.8) is 0 Å². The molecular weight excluding hydrogens is 327 g/mol. The molecule has 0 aromatic heterocycles. The minimum absolute atomic E-state index is 0.296. The van der Waals surface area contributed by atoms with Crippen LogP contribution in [0.1, 0.15) is 92.9 Å². The molecule has 0 saturated carbocycles. The van der Waals surface area contributed by atoms with Crippen molar-refractivity contribution in [2.24, 2.45) is 0 Å². The van der Waals surface area contributed by atoms with Crippen LogP contribution < -0.4 is 0 Å². The Kier molecular flexibility index (Phi) is 11.7. The van der Waals surface area contributed by atoms with E-state index in [-0.39, 0.29) is 0 Å². The highest BCUT2D eigenvalue weighted by Gasteiger charge is 2.36. The number of phosphoric ester groups is 1. The first-order chi connectivity index (χ1) is 11.0. The van der Waals surface area contributed by atoms with Crippen LogP contribution in [0.25, 0.3) is 0 Å². The predicted molar refractivity (Wildman–Crippen MR) is 99.3 cm³/mol. The quantitative estimate of drug-likeness (QED) is 0.327. The molecule has 0 spiro atoms. The fraction of sp³-hybridized carbons (Fsp3) is 1.00. The maximum atomic E-state index is 12.8. The molecule has 0 aliphatic carbocycles. The van der Waals surface area contributed by atoms with Crippen molar-refractivity contribution in [2.45, 2.75) is 104 Å². The summed E-state index contributed by atoms with van der Waals surface area (Å²) in [4.78, 5) is 0. The van der Waals surface area contributed by atoms with Gasteiger partial charge in [0.1, 0.15) is 0 Å². The Morgan fingerprint density at radius 1 is 0.708 bits per heavy atom. The van der Waals surface area contributed by atoms with Gasteiger partial charge in [0.2, 0.25) is 0 Å². The summed E-state index contributed by atoms with van der Waals surface area (Å²) in [7, 11) is -3.56.